The quantitative estimate of drug-likeness (QED) is 0.393. The number of aliphatic carboxylic acids is 1. The second kappa shape index (κ2) is 10.0. The summed E-state index contributed by atoms with van der Waals surface area (Å²) >= 11 is 0. The van der Waals surface area contributed by atoms with Crippen LogP contribution in [0, 0.1) is 13.8 Å². The topological polar surface area (TPSA) is 66.8 Å². The normalized spacial score (nSPS) is 11.8. The lowest BCUT2D eigenvalue weighted by Gasteiger charge is -2.26. The Bertz CT molecular complexity index is 1230. The Balaban J connectivity index is 1.96. The molecule has 0 aromatic heterocycles. The van der Waals surface area contributed by atoms with E-state index in [1.807, 2.05) is 24.3 Å². The van der Waals surface area contributed by atoms with Crippen LogP contribution in [0.15, 0.2) is 60.7 Å². The molecular formula is C28H28F3NO4. The van der Waals surface area contributed by atoms with E-state index in [2.05, 4.69) is 25.5 Å². The van der Waals surface area contributed by atoms with Crippen molar-refractivity contribution < 1.29 is 32.6 Å². The number of hydrogen-bond acceptors (Lipinski definition) is 3. The number of rotatable bonds is 5. The van der Waals surface area contributed by atoms with Gasteiger partial charge in [0.15, 0.2) is 0 Å². The zero-order valence-electron chi connectivity index (χ0n) is 20.7. The van der Waals surface area contributed by atoms with Crippen molar-refractivity contribution in [3.05, 3.63) is 82.9 Å². The lowest BCUT2D eigenvalue weighted by atomic mass is 9.86. The maximum Gasteiger partial charge on any atom is 0.573 e. The molecule has 0 aliphatic rings. The van der Waals surface area contributed by atoms with Crippen molar-refractivity contribution in [3.8, 4) is 16.9 Å². The summed E-state index contributed by atoms with van der Waals surface area (Å²) < 4.78 is 41.3. The highest BCUT2D eigenvalue weighted by Crippen LogP contribution is 2.34. The first kappa shape index (κ1) is 26.8. The molecule has 0 radical (unpaired) electrons. The Labute approximate surface area is 208 Å². The van der Waals surface area contributed by atoms with Crippen LogP contribution in [0.1, 0.15) is 43.0 Å². The Hall–Kier alpha value is -3.81. The Kier molecular flexibility index (Phi) is 7.48. The highest BCUT2D eigenvalue weighted by molar-refractivity contribution is 6.37. The number of alkyl halides is 3. The van der Waals surface area contributed by atoms with Crippen molar-refractivity contribution >= 4 is 17.6 Å². The van der Waals surface area contributed by atoms with E-state index in [1.165, 1.54) is 29.2 Å². The van der Waals surface area contributed by atoms with Gasteiger partial charge in [-0.2, -0.15) is 0 Å². The van der Waals surface area contributed by atoms with E-state index in [9.17, 15) is 27.9 Å². The predicted molar refractivity (Wildman–Crippen MR) is 132 cm³/mol. The molecule has 0 fully saturated rings. The Morgan fingerprint density at radius 3 is 1.83 bits per heavy atom. The first-order valence-electron chi connectivity index (χ1n) is 11.3. The van der Waals surface area contributed by atoms with E-state index < -0.39 is 18.2 Å². The summed E-state index contributed by atoms with van der Waals surface area (Å²) in [5, 5.41) is 9.48. The van der Waals surface area contributed by atoms with Gasteiger partial charge in [-0.3, -0.25) is 9.69 Å². The molecule has 0 atom stereocenters. The molecule has 0 heterocycles. The first-order valence-corrected chi connectivity index (χ1v) is 11.3. The average Bonchev–Trinajstić information content (AvgIpc) is 2.76. The van der Waals surface area contributed by atoms with E-state index >= 15 is 0 Å². The summed E-state index contributed by atoms with van der Waals surface area (Å²) in [6.45, 7) is 9.87. The van der Waals surface area contributed by atoms with Crippen molar-refractivity contribution in [1.82, 2.24) is 0 Å². The van der Waals surface area contributed by atoms with Crippen molar-refractivity contribution in [2.75, 3.05) is 4.90 Å². The lowest BCUT2D eigenvalue weighted by molar-refractivity contribution is -0.274. The molecular weight excluding hydrogens is 471 g/mol. The number of carboxylic acids is 1. The zero-order valence-corrected chi connectivity index (χ0v) is 20.7. The molecule has 190 valence electrons. The Morgan fingerprint density at radius 1 is 0.861 bits per heavy atom. The zero-order chi connectivity index (χ0) is 26.8. The van der Waals surface area contributed by atoms with Gasteiger partial charge in [0, 0.05) is 0 Å². The van der Waals surface area contributed by atoms with Crippen LogP contribution < -0.4 is 9.64 Å². The molecule has 1 amide bonds. The molecule has 0 aliphatic carbocycles. The summed E-state index contributed by atoms with van der Waals surface area (Å²) in [4.78, 5) is 25.6. The van der Waals surface area contributed by atoms with Crippen LogP contribution in [-0.4, -0.2) is 23.3 Å². The molecule has 36 heavy (non-hydrogen) atoms. The number of nitrogens with zero attached hydrogens (tertiary/aromatic N) is 1. The Morgan fingerprint density at radius 2 is 1.39 bits per heavy atom. The molecule has 0 aliphatic heterocycles. The van der Waals surface area contributed by atoms with Crippen molar-refractivity contribution in [2.45, 2.75) is 52.9 Å². The number of carbonyl (C=O) groups is 2. The van der Waals surface area contributed by atoms with Gasteiger partial charge in [-0.1, -0.05) is 57.2 Å². The maximum absolute atomic E-state index is 12.7. The molecule has 0 unspecified atom stereocenters. The molecule has 5 nitrogen and oxygen atoms in total. The summed E-state index contributed by atoms with van der Waals surface area (Å²) in [7, 11) is 0. The van der Waals surface area contributed by atoms with E-state index in [0.717, 1.165) is 11.1 Å². The maximum atomic E-state index is 12.7. The van der Waals surface area contributed by atoms with Crippen LogP contribution in [0.4, 0.5) is 18.9 Å². The number of ether oxygens (including phenoxy) is 1. The number of aryl methyl sites for hydroxylation is 2. The van der Waals surface area contributed by atoms with Gasteiger partial charge in [0.05, 0.1) is 12.2 Å². The van der Waals surface area contributed by atoms with E-state index in [4.69, 9.17) is 0 Å². The minimum absolute atomic E-state index is 0.0464. The number of anilines is 1. The summed E-state index contributed by atoms with van der Waals surface area (Å²) in [5.74, 6) is -2.95. The van der Waals surface area contributed by atoms with Gasteiger partial charge in [0.1, 0.15) is 5.75 Å². The van der Waals surface area contributed by atoms with Crippen LogP contribution in [0.5, 0.6) is 5.75 Å². The number of hydrogen-bond donors (Lipinski definition) is 1. The molecule has 0 saturated carbocycles. The molecule has 3 rings (SSSR count). The van der Waals surface area contributed by atoms with E-state index in [0.29, 0.717) is 27.9 Å². The van der Waals surface area contributed by atoms with E-state index in [-0.39, 0.29) is 17.7 Å². The van der Waals surface area contributed by atoms with Crippen molar-refractivity contribution in [2.24, 2.45) is 0 Å². The van der Waals surface area contributed by atoms with Gasteiger partial charge < -0.3 is 9.84 Å². The van der Waals surface area contributed by atoms with E-state index in [1.54, 1.807) is 26.0 Å². The minimum Gasteiger partial charge on any atom is -0.474 e. The van der Waals surface area contributed by atoms with Crippen molar-refractivity contribution in [3.63, 3.8) is 0 Å². The van der Waals surface area contributed by atoms with Gasteiger partial charge in [0.2, 0.25) is 0 Å². The smallest absolute Gasteiger partial charge is 0.474 e. The number of carbonyl (C=O) groups excluding carboxylic acids is 1. The molecule has 3 aromatic rings. The standard InChI is InChI=1S/C28H28F3NO4/c1-17-14-21(20-8-12-23(13-9-20)36-28(29,30)31)15-18(2)24(17)32(25(33)26(34)35)16-19-6-10-22(11-7-19)27(3,4)5/h6-15H,16H2,1-5H3,(H,34,35). The number of amides is 1. The third kappa shape index (κ3) is 6.44. The second-order valence-corrected chi connectivity index (χ2v) is 9.67. The van der Waals surface area contributed by atoms with Crippen LogP contribution >= 0.6 is 0 Å². The van der Waals surface area contributed by atoms with Crippen LogP contribution in [0.3, 0.4) is 0 Å². The van der Waals surface area contributed by atoms with Gasteiger partial charge in [-0.15, -0.1) is 13.2 Å². The fourth-order valence-electron chi connectivity index (χ4n) is 4.06. The first-order chi connectivity index (χ1) is 16.7. The monoisotopic (exact) mass is 499 g/mol. The van der Waals surface area contributed by atoms with Gasteiger partial charge in [-0.05, 0) is 76.9 Å². The highest BCUT2D eigenvalue weighted by atomic mass is 19.4. The third-order valence-electron chi connectivity index (χ3n) is 5.77. The fourth-order valence-corrected chi connectivity index (χ4v) is 4.06. The minimum atomic E-state index is -4.77. The van der Waals surface area contributed by atoms with Gasteiger partial charge in [-0.25, -0.2) is 4.79 Å². The predicted octanol–water partition coefficient (Wildman–Crippen LogP) is 6.78. The second-order valence-electron chi connectivity index (χ2n) is 9.67. The number of halogens is 3. The van der Waals surface area contributed by atoms with Crippen LogP contribution in [-0.2, 0) is 21.5 Å². The van der Waals surface area contributed by atoms with Crippen molar-refractivity contribution in [1.29, 1.82) is 0 Å². The highest BCUT2D eigenvalue weighted by Gasteiger charge is 2.31. The average molecular weight is 500 g/mol. The molecule has 0 saturated heterocycles. The van der Waals surface area contributed by atoms with Gasteiger partial charge >= 0.3 is 18.2 Å². The third-order valence-corrected chi connectivity index (χ3v) is 5.77. The molecule has 0 bridgehead atoms. The molecule has 0 spiro atoms. The number of benzene rings is 3. The molecule has 3 aromatic carbocycles. The summed E-state index contributed by atoms with van der Waals surface area (Å²) in [5.41, 5.74) is 4.99. The molecule has 8 heteroatoms. The number of carboxylic acid groups (broad SMARTS) is 1. The SMILES string of the molecule is Cc1cc(-c2ccc(OC(F)(F)F)cc2)cc(C)c1N(Cc1ccc(C(C)(C)C)cc1)C(=O)C(=O)O. The molecule has 1 N–H and O–H groups in total. The van der Waals surface area contributed by atoms with Crippen LogP contribution in [0.25, 0.3) is 11.1 Å². The largest absolute Gasteiger partial charge is 0.573 e. The summed E-state index contributed by atoms with van der Waals surface area (Å²) in [6, 6.07) is 16.7. The van der Waals surface area contributed by atoms with Gasteiger partial charge in [0.25, 0.3) is 0 Å². The van der Waals surface area contributed by atoms with Crippen LogP contribution in [0.2, 0.25) is 0 Å². The summed E-state index contributed by atoms with van der Waals surface area (Å²) in [6.07, 6.45) is -4.77. The fraction of sp³-hybridized carbons (Fsp3) is 0.286. The lowest BCUT2D eigenvalue weighted by Crippen LogP contribution is -2.37.